The van der Waals surface area contributed by atoms with Gasteiger partial charge in [-0.05, 0) is 55.0 Å². The standard InChI is InChI=1S/C22H17FN2OS2/c1-14-5-7-16(8-6-14)21(26)24-18-9-10-19-20(12-18)28-22(25-19)27-13-15-3-2-4-17(23)11-15/h2-12H,13H2,1H3,(H,24,26). The smallest absolute Gasteiger partial charge is 0.255 e. The van der Waals surface area contributed by atoms with E-state index in [-0.39, 0.29) is 11.7 Å². The number of hydrogen-bond acceptors (Lipinski definition) is 4. The van der Waals surface area contributed by atoms with Crippen LogP contribution in [0.1, 0.15) is 21.5 Å². The van der Waals surface area contributed by atoms with Crippen molar-refractivity contribution in [1.82, 2.24) is 4.98 Å². The van der Waals surface area contributed by atoms with Crippen molar-refractivity contribution in [1.29, 1.82) is 0 Å². The van der Waals surface area contributed by atoms with E-state index in [9.17, 15) is 9.18 Å². The van der Waals surface area contributed by atoms with Crippen LogP contribution in [0, 0.1) is 12.7 Å². The number of benzene rings is 3. The summed E-state index contributed by atoms with van der Waals surface area (Å²) in [5, 5.41) is 2.93. The third-order valence-corrected chi connectivity index (χ3v) is 6.42. The lowest BCUT2D eigenvalue weighted by molar-refractivity contribution is 0.102. The molecule has 0 radical (unpaired) electrons. The Morgan fingerprint density at radius 1 is 1.11 bits per heavy atom. The Balaban J connectivity index is 1.46. The fraction of sp³-hybridized carbons (Fsp3) is 0.0909. The van der Waals surface area contributed by atoms with Crippen LogP contribution in [-0.4, -0.2) is 10.9 Å². The average Bonchev–Trinajstić information content (AvgIpc) is 3.09. The first-order valence-electron chi connectivity index (χ1n) is 8.73. The maximum absolute atomic E-state index is 13.3. The van der Waals surface area contributed by atoms with Crippen molar-refractivity contribution in [2.24, 2.45) is 0 Å². The lowest BCUT2D eigenvalue weighted by Crippen LogP contribution is -2.11. The van der Waals surface area contributed by atoms with Gasteiger partial charge in [-0.3, -0.25) is 4.79 Å². The molecule has 1 amide bonds. The third-order valence-electron chi connectivity index (χ3n) is 4.19. The van der Waals surface area contributed by atoms with Gasteiger partial charge < -0.3 is 5.32 Å². The maximum atomic E-state index is 13.3. The van der Waals surface area contributed by atoms with Crippen molar-refractivity contribution < 1.29 is 9.18 Å². The first-order valence-corrected chi connectivity index (χ1v) is 10.5. The van der Waals surface area contributed by atoms with Gasteiger partial charge in [-0.1, -0.05) is 41.6 Å². The Kier molecular flexibility index (Phi) is 5.41. The molecule has 4 rings (SSSR count). The number of nitrogens with one attached hydrogen (secondary N) is 1. The molecular formula is C22H17FN2OS2. The van der Waals surface area contributed by atoms with E-state index in [2.05, 4.69) is 10.3 Å². The molecule has 0 atom stereocenters. The van der Waals surface area contributed by atoms with E-state index in [1.165, 1.54) is 6.07 Å². The fourth-order valence-electron chi connectivity index (χ4n) is 2.72. The first kappa shape index (κ1) is 18.7. The highest BCUT2D eigenvalue weighted by atomic mass is 32.2. The van der Waals surface area contributed by atoms with Crippen LogP contribution in [0.15, 0.2) is 71.1 Å². The van der Waals surface area contributed by atoms with Gasteiger partial charge in [0, 0.05) is 17.0 Å². The number of carbonyl (C=O) groups is 1. The Hall–Kier alpha value is -2.70. The number of nitrogens with zero attached hydrogens (tertiary/aromatic N) is 1. The molecule has 4 aromatic rings. The first-order chi connectivity index (χ1) is 13.6. The molecule has 0 spiro atoms. The van der Waals surface area contributed by atoms with Crippen LogP contribution in [0.4, 0.5) is 10.1 Å². The van der Waals surface area contributed by atoms with Crippen molar-refractivity contribution in [2.75, 3.05) is 5.32 Å². The summed E-state index contributed by atoms with van der Waals surface area (Å²) in [6.07, 6.45) is 0. The van der Waals surface area contributed by atoms with E-state index < -0.39 is 0 Å². The summed E-state index contributed by atoms with van der Waals surface area (Å²) < 4.78 is 15.2. The molecule has 6 heteroatoms. The number of carbonyl (C=O) groups excluding carboxylic acids is 1. The third kappa shape index (κ3) is 4.40. The molecule has 1 aromatic heterocycles. The van der Waals surface area contributed by atoms with Gasteiger partial charge in [0.25, 0.3) is 5.91 Å². The molecule has 3 nitrogen and oxygen atoms in total. The summed E-state index contributed by atoms with van der Waals surface area (Å²) in [6.45, 7) is 1.99. The number of rotatable bonds is 5. The molecule has 0 bridgehead atoms. The van der Waals surface area contributed by atoms with Crippen LogP contribution < -0.4 is 5.32 Å². The molecule has 0 saturated carbocycles. The topological polar surface area (TPSA) is 42.0 Å². The summed E-state index contributed by atoms with van der Waals surface area (Å²) in [5.74, 6) is 0.301. The molecule has 28 heavy (non-hydrogen) atoms. The number of aryl methyl sites for hydroxylation is 1. The molecule has 1 N–H and O–H groups in total. The number of thioether (sulfide) groups is 1. The minimum Gasteiger partial charge on any atom is -0.322 e. The van der Waals surface area contributed by atoms with E-state index in [1.54, 1.807) is 35.2 Å². The number of amides is 1. The Bertz CT molecular complexity index is 1140. The van der Waals surface area contributed by atoms with Gasteiger partial charge in [0.2, 0.25) is 0 Å². The van der Waals surface area contributed by atoms with E-state index in [0.717, 1.165) is 31.4 Å². The van der Waals surface area contributed by atoms with Crippen molar-refractivity contribution in [3.63, 3.8) is 0 Å². The van der Waals surface area contributed by atoms with Crippen LogP contribution in [0.25, 0.3) is 10.2 Å². The van der Waals surface area contributed by atoms with Crippen molar-refractivity contribution in [3.8, 4) is 0 Å². The minimum absolute atomic E-state index is 0.135. The quantitative estimate of drug-likeness (QED) is 0.395. The zero-order valence-corrected chi connectivity index (χ0v) is 16.7. The molecule has 3 aromatic carbocycles. The minimum atomic E-state index is -0.226. The van der Waals surface area contributed by atoms with Crippen LogP contribution in [-0.2, 0) is 5.75 Å². The van der Waals surface area contributed by atoms with Gasteiger partial charge in [-0.25, -0.2) is 9.37 Å². The van der Waals surface area contributed by atoms with Gasteiger partial charge in [-0.2, -0.15) is 0 Å². The summed E-state index contributed by atoms with van der Waals surface area (Å²) in [7, 11) is 0. The van der Waals surface area contributed by atoms with Crippen molar-refractivity contribution in [3.05, 3.63) is 89.2 Å². The van der Waals surface area contributed by atoms with Gasteiger partial charge in [0.1, 0.15) is 5.82 Å². The number of hydrogen-bond donors (Lipinski definition) is 1. The Labute approximate surface area is 170 Å². The van der Waals surface area contributed by atoms with Crippen molar-refractivity contribution >= 4 is 44.9 Å². The van der Waals surface area contributed by atoms with Gasteiger partial charge in [0.15, 0.2) is 4.34 Å². The highest BCUT2D eigenvalue weighted by molar-refractivity contribution is 8.00. The van der Waals surface area contributed by atoms with Crippen LogP contribution in [0.5, 0.6) is 0 Å². The Morgan fingerprint density at radius 3 is 2.71 bits per heavy atom. The molecule has 0 saturated heterocycles. The second-order valence-electron chi connectivity index (χ2n) is 6.40. The molecule has 1 heterocycles. The highest BCUT2D eigenvalue weighted by Crippen LogP contribution is 2.33. The lowest BCUT2D eigenvalue weighted by atomic mass is 10.1. The monoisotopic (exact) mass is 408 g/mol. The van der Waals surface area contributed by atoms with Gasteiger partial charge in [-0.15, -0.1) is 11.3 Å². The average molecular weight is 409 g/mol. The highest BCUT2D eigenvalue weighted by Gasteiger charge is 2.09. The summed E-state index contributed by atoms with van der Waals surface area (Å²) >= 11 is 3.15. The predicted molar refractivity (Wildman–Crippen MR) is 115 cm³/mol. The zero-order chi connectivity index (χ0) is 19.5. The molecule has 0 aliphatic heterocycles. The SMILES string of the molecule is Cc1ccc(C(=O)Nc2ccc3nc(SCc4cccc(F)c4)sc3c2)cc1. The van der Waals surface area contributed by atoms with Crippen LogP contribution in [0.3, 0.4) is 0 Å². The second-order valence-corrected chi connectivity index (χ2v) is 8.65. The number of aromatic nitrogens is 1. The molecule has 0 unspecified atom stereocenters. The van der Waals surface area contributed by atoms with Gasteiger partial charge >= 0.3 is 0 Å². The summed E-state index contributed by atoms with van der Waals surface area (Å²) in [5.41, 5.74) is 4.30. The predicted octanol–water partition coefficient (Wildman–Crippen LogP) is 6.29. The summed E-state index contributed by atoms with van der Waals surface area (Å²) in [6, 6.07) is 19.8. The number of thiazole rings is 1. The normalized spacial score (nSPS) is 10.9. The molecular weight excluding hydrogens is 391 g/mol. The number of fused-ring (bicyclic) bond motifs is 1. The number of anilines is 1. The maximum Gasteiger partial charge on any atom is 0.255 e. The Morgan fingerprint density at radius 2 is 1.93 bits per heavy atom. The van der Waals surface area contributed by atoms with Gasteiger partial charge in [0.05, 0.1) is 10.2 Å². The number of halogens is 1. The zero-order valence-electron chi connectivity index (χ0n) is 15.1. The second kappa shape index (κ2) is 8.12. The molecule has 140 valence electrons. The van der Waals surface area contributed by atoms with E-state index in [4.69, 9.17) is 0 Å². The van der Waals surface area contributed by atoms with E-state index >= 15 is 0 Å². The fourth-order valence-corrected chi connectivity index (χ4v) is 4.77. The lowest BCUT2D eigenvalue weighted by Gasteiger charge is -2.05. The molecule has 0 fully saturated rings. The summed E-state index contributed by atoms with van der Waals surface area (Å²) in [4.78, 5) is 17.0. The van der Waals surface area contributed by atoms with E-state index in [1.807, 2.05) is 55.5 Å². The van der Waals surface area contributed by atoms with Crippen LogP contribution in [0.2, 0.25) is 0 Å². The van der Waals surface area contributed by atoms with E-state index in [0.29, 0.717) is 11.3 Å². The van der Waals surface area contributed by atoms with Crippen LogP contribution >= 0.6 is 23.1 Å². The van der Waals surface area contributed by atoms with Crippen molar-refractivity contribution in [2.45, 2.75) is 17.0 Å². The molecule has 0 aliphatic rings. The largest absolute Gasteiger partial charge is 0.322 e. The molecule has 0 aliphatic carbocycles.